The van der Waals surface area contributed by atoms with E-state index in [2.05, 4.69) is 97.3 Å². The van der Waals surface area contributed by atoms with Crippen LogP contribution in [0.25, 0.3) is 0 Å². The summed E-state index contributed by atoms with van der Waals surface area (Å²) in [6, 6.07) is 6.45. The van der Waals surface area contributed by atoms with Gasteiger partial charge in [0.1, 0.15) is 23.7 Å². The summed E-state index contributed by atoms with van der Waals surface area (Å²) in [5.74, 6) is 8.32. The second kappa shape index (κ2) is 13.9. The van der Waals surface area contributed by atoms with Gasteiger partial charge in [-0.05, 0) is 95.3 Å². The van der Waals surface area contributed by atoms with Crippen molar-refractivity contribution in [2.75, 3.05) is 6.61 Å². The number of fused-ring (bicyclic) bond motifs is 6. The van der Waals surface area contributed by atoms with Crippen LogP contribution in [-0.4, -0.2) is 51.3 Å². The van der Waals surface area contributed by atoms with Gasteiger partial charge in [0, 0.05) is 30.0 Å². The summed E-state index contributed by atoms with van der Waals surface area (Å²) in [7, 11) is -5.57. The van der Waals surface area contributed by atoms with E-state index in [1.807, 2.05) is 0 Å². The molecule has 0 amide bonds. The largest absolute Gasteiger partial charge is 0.414 e. The fourth-order valence-corrected chi connectivity index (χ4v) is 21.9. The number of H-pyrrole nitrogens is 1. The lowest BCUT2D eigenvalue weighted by Gasteiger charge is -2.51. The number of Topliss-reactive ketones (excluding diaryl/α,β-unsaturated/α-hetero) is 1. The number of benzene rings is 1. The van der Waals surface area contributed by atoms with E-state index >= 15 is 0 Å². The van der Waals surface area contributed by atoms with E-state index in [1.54, 1.807) is 0 Å². The fourth-order valence-electron chi connectivity index (χ4n) is 10.7. The maximum atomic E-state index is 13.3. The molecule has 52 heavy (non-hydrogen) atoms. The Kier molecular flexibility index (Phi) is 10.1. The molecule has 3 unspecified atom stereocenters. The summed E-state index contributed by atoms with van der Waals surface area (Å²) < 4.78 is 29.4. The van der Waals surface area contributed by atoms with E-state index in [4.69, 9.17) is 17.7 Å². The number of ketones is 1. The van der Waals surface area contributed by atoms with E-state index in [0.717, 1.165) is 44.1 Å². The van der Waals surface area contributed by atoms with Gasteiger partial charge in [0.05, 0.1) is 12.7 Å². The molecule has 3 aliphatic carbocycles. The van der Waals surface area contributed by atoms with Gasteiger partial charge in [0.2, 0.25) is 0 Å². The first-order valence-corrected chi connectivity index (χ1v) is 23.7. The van der Waals surface area contributed by atoms with E-state index in [-0.39, 0.29) is 45.4 Å². The number of carbonyl (C=O) groups excluding carboxylic acids is 1. The van der Waals surface area contributed by atoms with Gasteiger partial charge in [-0.3, -0.25) is 19.1 Å². The maximum Gasteiger partial charge on any atom is 0.335 e. The second-order valence-electron chi connectivity index (χ2n) is 17.7. The number of aromatic amines is 1. The molecule has 9 nitrogen and oxygen atoms in total. The number of ether oxygens (including phenoxy) is 1. The topological polar surface area (TPSA) is 109 Å². The minimum atomic E-state index is -2.84. The molecule has 7 atom stereocenters. The number of hydrogen-bond acceptors (Lipinski definition) is 7. The Bertz CT molecular complexity index is 1870. The molecule has 2 aliphatic heterocycles. The average Bonchev–Trinajstić information content (AvgIpc) is 3.62. The summed E-state index contributed by atoms with van der Waals surface area (Å²) in [6.45, 7) is 20.1. The van der Waals surface area contributed by atoms with Gasteiger partial charge < -0.3 is 17.7 Å². The Balaban J connectivity index is 1.14. The second-order valence-corrected chi connectivity index (χ2v) is 26.5. The minimum absolute atomic E-state index is 0.132. The molecular weight excluding hydrogens is 689 g/mol. The summed E-state index contributed by atoms with van der Waals surface area (Å²) in [5, 5.41) is 0. The molecule has 0 radical (unpaired) electrons. The highest BCUT2D eigenvalue weighted by molar-refractivity contribution is 6.84. The lowest BCUT2D eigenvalue weighted by molar-refractivity contribution is -0.129. The highest BCUT2D eigenvalue weighted by Crippen LogP contribution is 2.59. The first-order valence-electron chi connectivity index (χ1n) is 19.8. The molecule has 2 aromatic rings. The smallest absolute Gasteiger partial charge is 0.335 e. The quantitative estimate of drug-likeness (QED) is 0.248. The number of nitrogens with one attached hydrogen (secondary N) is 1. The normalized spacial score (nSPS) is 32.1. The predicted molar refractivity (Wildman–Crippen MR) is 206 cm³/mol. The molecule has 0 spiro atoms. The van der Waals surface area contributed by atoms with Crippen molar-refractivity contribution in [2.45, 2.75) is 154 Å². The first-order chi connectivity index (χ1) is 24.6. The van der Waals surface area contributed by atoms with Crippen molar-refractivity contribution in [3.05, 3.63) is 67.5 Å². The van der Waals surface area contributed by atoms with Crippen LogP contribution in [0.15, 0.2) is 34.0 Å². The molecule has 282 valence electrons. The molecule has 7 rings (SSSR count). The Morgan fingerprint density at radius 2 is 1.60 bits per heavy atom. The third-order valence-electron chi connectivity index (χ3n) is 13.6. The highest BCUT2D eigenvalue weighted by atomic mass is 28.5. The third kappa shape index (κ3) is 6.19. The Morgan fingerprint density at radius 1 is 0.885 bits per heavy atom. The molecule has 3 heterocycles. The molecule has 0 bridgehead atoms. The molecule has 1 aromatic carbocycles. The van der Waals surface area contributed by atoms with Crippen molar-refractivity contribution in [1.29, 1.82) is 0 Å². The van der Waals surface area contributed by atoms with Gasteiger partial charge in [0.15, 0.2) is 0 Å². The summed E-state index contributed by atoms with van der Waals surface area (Å²) >= 11 is 0. The van der Waals surface area contributed by atoms with Crippen LogP contribution in [0.5, 0.6) is 0 Å². The number of carbonyl (C=O) groups is 1. The standard InChI is InChI=1S/C41H58N2O7Si2/c1-24(2)51(25(3)4)47-23-36-35(49-52(50-51,26(5)6)27(7)8)21-38(48-36)43-22-30(39(45)42-40(43)46)12-10-28-11-14-31-29(20-28)13-15-33-32(31)18-19-41(9)34(33)16-17-37(41)44/h11,14,20,22,24-27,32-36,38H,13,15-19,21,23H2,1-9H3,(H,42,45,46)/t32?,33?,34?,35-,36-,38-,41+/m1/s1. The molecule has 2 saturated heterocycles. The Hall–Kier alpha value is -2.60. The van der Waals surface area contributed by atoms with Crippen LogP contribution in [0.3, 0.4) is 0 Å². The first kappa shape index (κ1) is 37.7. The molecule has 4 fully saturated rings. The zero-order chi connectivity index (χ0) is 37.3. The number of nitrogens with zero attached hydrogens (tertiary/aromatic N) is 1. The summed E-state index contributed by atoms with van der Waals surface area (Å²) in [6.07, 6.45) is 6.52. The van der Waals surface area contributed by atoms with Gasteiger partial charge in [0.25, 0.3) is 5.56 Å². The van der Waals surface area contributed by atoms with Gasteiger partial charge in [-0.25, -0.2) is 4.79 Å². The number of aromatic nitrogens is 2. The summed E-state index contributed by atoms with van der Waals surface area (Å²) in [4.78, 5) is 41.6. The zero-order valence-corrected chi connectivity index (χ0v) is 34.5. The van der Waals surface area contributed by atoms with Crippen LogP contribution in [0.2, 0.25) is 22.2 Å². The van der Waals surface area contributed by atoms with Crippen LogP contribution in [0.4, 0.5) is 0 Å². The highest BCUT2D eigenvalue weighted by Gasteiger charge is 2.60. The van der Waals surface area contributed by atoms with Crippen molar-refractivity contribution in [1.82, 2.24) is 9.55 Å². The number of aryl methyl sites for hydroxylation is 1. The van der Waals surface area contributed by atoms with Crippen LogP contribution in [0.1, 0.15) is 135 Å². The van der Waals surface area contributed by atoms with E-state index < -0.39 is 34.6 Å². The van der Waals surface area contributed by atoms with E-state index in [9.17, 15) is 14.4 Å². The zero-order valence-electron chi connectivity index (χ0n) is 32.5. The fraction of sp³-hybridized carbons (Fsp3) is 0.683. The van der Waals surface area contributed by atoms with Crippen molar-refractivity contribution < 1.29 is 22.5 Å². The molecule has 1 aromatic heterocycles. The Labute approximate surface area is 311 Å². The molecule has 2 saturated carbocycles. The van der Waals surface area contributed by atoms with Crippen LogP contribution < -0.4 is 11.2 Å². The molecule has 5 aliphatic rings. The van der Waals surface area contributed by atoms with E-state index in [1.165, 1.54) is 21.9 Å². The Morgan fingerprint density at radius 3 is 2.29 bits per heavy atom. The monoisotopic (exact) mass is 746 g/mol. The van der Waals surface area contributed by atoms with Crippen LogP contribution in [-0.2, 0) is 28.9 Å². The summed E-state index contributed by atoms with van der Waals surface area (Å²) in [5.41, 5.74) is 3.39. The van der Waals surface area contributed by atoms with Gasteiger partial charge in [-0.1, -0.05) is 80.2 Å². The van der Waals surface area contributed by atoms with Gasteiger partial charge in [-0.15, -0.1) is 0 Å². The number of rotatable bonds is 5. The minimum Gasteiger partial charge on any atom is -0.414 e. The molecular formula is C41H58N2O7Si2. The van der Waals surface area contributed by atoms with Crippen molar-refractivity contribution >= 4 is 22.9 Å². The van der Waals surface area contributed by atoms with Crippen molar-refractivity contribution in [2.24, 2.45) is 17.3 Å². The maximum absolute atomic E-state index is 13.3. The SMILES string of the molecule is CC(C)[Si]1(C(C)C)OC[C@H]2O[C@@H](n3cc(C#Cc4ccc5c(c4)CCC4C5CC[C@]5(C)C(=O)CCC45)c(=O)[nH]c3=O)C[C@H]2O[Si](C(C)C)(C(C)C)O1. The lowest BCUT2D eigenvalue weighted by Crippen LogP contribution is -2.65. The lowest BCUT2D eigenvalue weighted by atomic mass is 9.55. The van der Waals surface area contributed by atoms with Crippen molar-refractivity contribution in [3.8, 4) is 11.8 Å². The van der Waals surface area contributed by atoms with Crippen LogP contribution >= 0.6 is 0 Å². The van der Waals surface area contributed by atoms with Gasteiger partial charge >= 0.3 is 22.8 Å². The number of hydrogen-bond donors (Lipinski definition) is 1. The predicted octanol–water partition coefficient (Wildman–Crippen LogP) is 7.61. The third-order valence-corrected chi connectivity index (χ3v) is 23.9. The van der Waals surface area contributed by atoms with Crippen LogP contribution in [0, 0.1) is 29.1 Å². The van der Waals surface area contributed by atoms with Crippen molar-refractivity contribution in [3.63, 3.8) is 0 Å². The van der Waals surface area contributed by atoms with Gasteiger partial charge in [-0.2, -0.15) is 0 Å². The van der Waals surface area contributed by atoms with E-state index in [0.29, 0.717) is 36.6 Å². The average molecular weight is 747 g/mol. The molecule has 1 N–H and O–H groups in total. The molecule has 11 heteroatoms.